The minimum atomic E-state index is -0.797. The van der Waals surface area contributed by atoms with Crippen LogP contribution in [-0.2, 0) is 27.3 Å². The third kappa shape index (κ3) is 4.76. The molecule has 0 saturated heterocycles. The lowest BCUT2D eigenvalue weighted by molar-refractivity contribution is -0.158. The third-order valence-corrected chi connectivity index (χ3v) is 4.57. The molecule has 5 nitrogen and oxygen atoms in total. The second-order valence-corrected chi connectivity index (χ2v) is 6.67. The van der Waals surface area contributed by atoms with E-state index in [0.29, 0.717) is 13.0 Å². The van der Waals surface area contributed by atoms with E-state index >= 15 is 0 Å². The van der Waals surface area contributed by atoms with Crippen molar-refractivity contribution < 1.29 is 14.3 Å². The van der Waals surface area contributed by atoms with Crippen LogP contribution in [0.15, 0.2) is 60.8 Å². The second-order valence-electron chi connectivity index (χ2n) is 6.67. The monoisotopic (exact) mass is 364 g/mol. The summed E-state index contributed by atoms with van der Waals surface area (Å²) in [6.07, 6.45) is 1.93. The van der Waals surface area contributed by atoms with Crippen molar-refractivity contribution in [2.24, 2.45) is 0 Å². The molecule has 5 heteroatoms. The van der Waals surface area contributed by atoms with Crippen LogP contribution in [0.25, 0.3) is 10.9 Å². The van der Waals surface area contributed by atoms with Crippen molar-refractivity contribution in [3.05, 3.63) is 71.9 Å². The molecule has 0 saturated carbocycles. The Labute approximate surface area is 158 Å². The van der Waals surface area contributed by atoms with E-state index in [1.165, 1.54) is 0 Å². The number of aromatic amines is 1. The molecule has 0 bridgehead atoms. The van der Waals surface area contributed by atoms with Gasteiger partial charge in [0, 0.05) is 37.1 Å². The van der Waals surface area contributed by atoms with Crippen molar-refractivity contribution in [2.45, 2.75) is 32.4 Å². The molecule has 0 aliphatic carbocycles. The Kier molecular flexibility index (Phi) is 5.91. The smallest absolute Gasteiger partial charge is 0.306 e. The van der Waals surface area contributed by atoms with Crippen LogP contribution in [0.2, 0.25) is 0 Å². The number of hydrogen-bond acceptors (Lipinski definition) is 3. The zero-order valence-corrected chi connectivity index (χ0v) is 15.6. The minimum Gasteiger partial charge on any atom is -0.453 e. The van der Waals surface area contributed by atoms with Crippen molar-refractivity contribution in [3.63, 3.8) is 0 Å². The van der Waals surface area contributed by atoms with Crippen molar-refractivity contribution in [1.82, 2.24) is 9.88 Å². The normalized spacial score (nSPS) is 11.9. The highest BCUT2D eigenvalue weighted by molar-refractivity contribution is 5.85. The number of H-pyrrole nitrogens is 1. The van der Waals surface area contributed by atoms with Gasteiger partial charge in [0.2, 0.25) is 0 Å². The number of benzene rings is 2. The molecular weight excluding hydrogens is 340 g/mol. The number of fused-ring (bicyclic) bond motifs is 1. The lowest BCUT2D eigenvalue weighted by Crippen LogP contribution is -2.37. The number of carbonyl (C=O) groups is 2. The van der Waals surface area contributed by atoms with E-state index in [4.69, 9.17) is 4.74 Å². The molecule has 1 atom stereocenters. The molecule has 0 radical (unpaired) electrons. The summed E-state index contributed by atoms with van der Waals surface area (Å²) in [5.74, 6) is -0.575. The zero-order chi connectivity index (χ0) is 19.2. The van der Waals surface area contributed by atoms with Gasteiger partial charge in [-0.2, -0.15) is 0 Å². The molecule has 2 aromatic carbocycles. The molecule has 0 fully saturated rings. The summed E-state index contributed by atoms with van der Waals surface area (Å²) < 4.78 is 5.34. The number of para-hydroxylation sites is 1. The number of carbonyl (C=O) groups excluding carboxylic acids is 2. The fourth-order valence-corrected chi connectivity index (χ4v) is 3.13. The van der Waals surface area contributed by atoms with Crippen LogP contribution >= 0.6 is 0 Å². The van der Waals surface area contributed by atoms with Crippen LogP contribution in [0.4, 0.5) is 0 Å². The zero-order valence-electron chi connectivity index (χ0n) is 15.6. The Hall–Kier alpha value is -3.08. The highest BCUT2D eigenvalue weighted by atomic mass is 16.5. The van der Waals surface area contributed by atoms with Gasteiger partial charge < -0.3 is 14.6 Å². The quantitative estimate of drug-likeness (QED) is 0.651. The van der Waals surface area contributed by atoms with Crippen LogP contribution in [0.5, 0.6) is 0 Å². The number of hydrogen-bond donors (Lipinski definition) is 1. The van der Waals surface area contributed by atoms with Crippen LogP contribution in [0.3, 0.4) is 0 Å². The maximum atomic E-state index is 12.4. The van der Waals surface area contributed by atoms with Gasteiger partial charge >= 0.3 is 5.97 Å². The lowest BCUT2D eigenvalue weighted by atomic mass is 10.1. The summed E-state index contributed by atoms with van der Waals surface area (Å²) >= 11 is 0. The van der Waals surface area contributed by atoms with E-state index in [1.54, 1.807) is 18.9 Å². The highest BCUT2D eigenvalue weighted by Crippen LogP contribution is 2.19. The number of aryl methyl sites for hydroxylation is 1. The molecule has 27 heavy (non-hydrogen) atoms. The molecular formula is C22H24N2O3. The van der Waals surface area contributed by atoms with Crippen molar-refractivity contribution in [1.29, 1.82) is 0 Å². The molecule has 3 rings (SSSR count). The van der Waals surface area contributed by atoms with Crippen molar-refractivity contribution >= 4 is 22.8 Å². The van der Waals surface area contributed by atoms with Gasteiger partial charge in [0.25, 0.3) is 5.91 Å². The molecule has 0 aliphatic heterocycles. The van der Waals surface area contributed by atoms with Crippen molar-refractivity contribution in [3.8, 4) is 0 Å². The molecule has 0 spiro atoms. The van der Waals surface area contributed by atoms with Crippen molar-refractivity contribution in [2.75, 3.05) is 7.05 Å². The van der Waals surface area contributed by atoms with E-state index in [0.717, 1.165) is 22.0 Å². The SMILES string of the molecule is C[C@H](OC(=O)CCc1c[nH]c2ccccc12)C(=O)N(C)Cc1ccccc1. The Balaban J connectivity index is 1.50. The molecule has 1 aromatic heterocycles. The van der Waals surface area contributed by atoms with E-state index < -0.39 is 6.10 Å². The van der Waals surface area contributed by atoms with Crippen LogP contribution < -0.4 is 0 Å². The summed E-state index contributed by atoms with van der Waals surface area (Å²) in [5.41, 5.74) is 3.15. The lowest BCUT2D eigenvalue weighted by Gasteiger charge is -2.21. The maximum absolute atomic E-state index is 12.4. The molecule has 1 N–H and O–H groups in total. The average Bonchev–Trinajstić information content (AvgIpc) is 3.09. The number of aromatic nitrogens is 1. The van der Waals surface area contributed by atoms with Gasteiger partial charge in [0.05, 0.1) is 0 Å². The summed E-state index contributed by atoms with van der Waals surface area (Å²) in [4.78, 5) is 29.4. The molecule has 140 valence electrons. The van der Waals surface area contributed by atoms with Gasteiger partial charge in [0.1, 0.15) is 0 Å². The predicted octanol–water partition coefficient (Wildman–Crippen LogP) is 3.69. The Morgan fingerprint density at radius 3 is 2.56 bits per heavy atom. The van der Waals surface area contributed by atoms with Crippen LogP contribution in [0.1, 0.15) is 24.5 Å². The fourth-order valence-electron chi connectivity index (χ4n) is 3.13. The van der Waals surface area contributed by atoms with E-state index in [2.05, 4.69) is 4.98 Å². The number of ether oxygens (including phenoxy) is 1. The first-order chi connectivity index (χ1) is 13.0. The summed E-state index contributed by atoms with van der Waals surface area (Å²) in [6, 6.07) is 17.7. The molecule has 3 aromatic rings. The number of esters is 1. The standard InChI is InChI=1S/C22H24N2O3/c1-16(22(26)24(2)15-17-8-4-3-5-9-17)27-21(25)13-12-18-14-23-20-11-7-6-10-19(18)20/h3-11,14,16,23H,12-13,15H2,1-2H3/t16-/m0/s1. The summed E-state index contributed by atoms with van der Waals surface area (Å²) in [5, 5.41) is 1.11. The predicted molar refractivity (Wildman–Crippen MR) is 105 cm³/mol. The molecule has 1 amide bonds. The molecule has 0 unspecified atom stereocenters. The van der Waals surface area contributed by atoms with Gasteiger partial charge in [-0.15, -0.1) is 0 Å². The van der Waals surface area contributed by atoms with Gasteiger partial charge in [-0.1, -0.05) is 48.5 Å². The number of rotatable bonds is 7. The number of nitrogens with one attached hydrogen (secondary N) is 1. The van der Waals surface area contributed by atoms with Gasteiger partial charge in [0.15, 0.2) is 6.10 Å². The molecule has 1 heterocycles. The first-order valence-electron chi connectivity index (χ1n) is 9.08. The largest absolute Gasteiger partial charge is 0.453 e. The van der Waals surface area contributed by atoms with Crippen LogP contribution in [-0.4, -0.2) is 34.9 Å². The van der Waals surface area contributed by atoms with E-state index in [1.807, 2.05) is 60.8 Å². The highest BCUT2D eigenvalue weighted by Gasteiger charge is 2.21. The van der Waals surface area contributed by atoms with Crippen LogP contribution in [0, 0.1) is 0 Å². The maximum Gasteiger partial charge on any atom is 0.306 e. The number of likely N-dealkylation sites (N-methyl/N-ethyl adjacent to an activating group) is 1. The van der Waals surface area contributed by atoms with E-state index in [9.17, 15) is 9.59 Å². The Morgan fingerprint density at radius 2 is 1.78 bits per heavy atom. The summed E-state index contributed by atoms with van der Waals surface area (Å²) in [7, 11) is 1.71. The summed E-state index contributed by atoms with van der Waals surface area (Å²) in [6.45, 7) is 2.10. The third-order valence-electron chi connectivity index (χ3n) is 4.57. The average molecular weight is 364 g/mol. The Bertz CT molecular complexity index is 917. The minimum absolute atomic E-state index is 0.209. The molecule has 0 aliphatic rings. The number of amides is 1. The number of nitrogens with zero attached hydrogens (tertiary/aromatic N) is 1. The van der Waals surface area contributed by atoms with E-state index in [-0.39, 0.29) is 18.3 Å². The topological polar surface area (TPSA) is 62.4 Å². The first kappa shape index (κ1) is 18.7. The van der Waals surface area contributed by atoms with Gasteiger partial charge in [-0.25, -0.2) is 0 Å². The first-order valence-corrected chi connectivity index (χ1v) is 9.08. The van der Waals surface area contributed by atoms with Gasteiger partial charge in [-0.05, 0) is 30.5 Å². The Morgan fingerprint density at radius 1 is 1.07 bits per heavy atom. The van der Waals surface area contributed by atoms with Gasteiger partial charge in [-0.3, -0.25) is 9.59 Å². The second kappa shape index (κ2) is 8.54. The fraction of sp³-hybridized carbons (Fsp3) is 0.273.